The lowest BCUT2D eigenvalue weighted by Crippen LogP contribution is -2.32. The maximum Gasteiger partial charge on any atom is 0.272 e. The van der Waals surface area contributed by atoms with Crippen molar-refractivity contribution in [1.29, 1.82) is 0 Å². The number of rotatable bonds is 4. The number of hydrogen-bond donors (Lipinski definition) is 1. The molecule has 2 amide bonds. The Morgan fingerprint density at radius 1 is 1.24 bits per heavy atom. The third-order valence-corrected chi connectivity index (χ3v) is 3.67. The summed E-state index contributed by atoms with van der Waals surface area (Å²) in [6.07, 6.45) is 6.86. The van der Waals surface area contributed by atoms with Crippen LogP contribution in [0.2, 0.25) is 0 Å². The molecule has 1 saturated heterocycles. The van der Waals surface area contributed by atoms with E-state index in [0.29, 0.717) is 17.8 Å². The van der Waals surface area contributed by atoms with E-state index in [1.54, 1.807) is 12.1 Å². The van der Waals surface area contributed by atoms with Gasteiger partial charge in [-0.25, -0.2) is 0 Å². The molecule has 0 unspecified atom stereocenters. The van der Waals surface area contributed by atoms with Gasteiger partial charge < -0.3 is 10.2 Å². The van der Waals surface area contributed by atoms with Crippen LogP contribution in [0, 0.1) is 0 Å². The lowest BCUT2D eigenvalue weighted by molar-refractivity contribution is 0.0755. The van der Waals surface area contributed by atoms with Crippen molar-refractivity contribution >= 4 is 11.8 Å². The van der Waals surface area contributed by atoms with Crippen molar-refractivity contribution < 1.29 is 9.59 Å². The second kappa shape index (κ2) is 7.76. The average molecular weight is 289 g/mol. The Hall–Kier alpha value is -1.91. The minimum atomic E-state index is -0.149. The van der Waals surface area contributed by atoms with Crippen LogP contribution < -0.4 is 5.32 Å². The summed E-state index contributed by atoms with van der Waals surface area (Å²) in [7, 11) is 0. The second-order valence-corrected chi connectivity index (χ2v) is 5.39. The lowest BCUT2D eigenvalue weighted by atomic mass is 10.2. The van der Waals surface area contributed by atoms with Crippen molar-refractivity contribution in [1.82, 2.24) is 15.2 Å². The molecule has 1 aromatic heterocycles. The largest absolute Gasteiger partial charge is 0.352 e. The van der Waals surface area contributed by atoms with Crippen LogP contribution in [0.4, 0.5) is 0 Å². The number of nitrogens with zero attached hydrogens (tertiary/aromatic N) is 2. The topological polar surface area (TPSA) is 62.3 Å². The fourth-order valence-electron chi connectivity index (χ4n) is 2.47. The molecule has 21 heavy (non-hydrogen) atoms. The SMILES string of the molecule is CCCNC(=O)c1ccnc(C(=O)N2CCCCCC2)c1. The third kappa shape index (κ3) is 4.28. The summed E-state index contributed by atoms with van der Waals surface area (Å²) >= 11 is 0. The van der Waals surface area contributed by atoms with Gasteiger partial charge >= 0.3 is 0 Å². The fourth-order valence-corrected chi connectivity index (χ4v) is 2.47. The van der Waals surface area contributed by atoms with Crippen molar-refractivity contribution in [2.45, 2.75) is 39.0 Å². The smallest absolute Gasteiger partial charge is 0.272 e. The van der Waals surface area contributed by atoms with E-state index in [9.17, 15) is 9.59 Å². The van der Waals surface area contributed by atoms with Crippen LogP contribution in [0.5, 0.6) is 0 Å². The highest BCUT2D eigenvalue weighted by molar-refractivity contribution is 5.98. The van der Waals surface area contributed by atoms with Gasteiger partial charge in [-0.15, -0.1) is 0 Å². The minimum absolute atomic E-state index is 0.0676. The first-order valence-electron chi connectivity index (χ1n) is 7.76. The molecule has 5 heteroatoms. The third-order valence-electron chi connectivity index (χ3n) is 3.67. The van der Waals surface area contributed by atoms with Gasteiger partial charge in [-0.1, -0.05) is 19.8 Å². The van der Waals surface area contributed by atoms with Crippen LogP contribution >= 0.6 is 0 Å². The number of carbonyl (C=O) groups excluding carboxylic acids is 2. The Kier molecular flexibility index (Phi) is 5.72. The molecule has 114 valence electrons. The molecular formula is C16H23N3O2. The molecule has 2 heterocycles. The molecule has 1 aliphatic heterocycles. The van der Waals surface area contributed by atoms with E-state index in [-0.39, 0.29) is 11.8 Å². The van der Waals surface area contributed by atoms with Gasteiger partial charge in [-0.3, -0.25) is 14.6 Å². The summed E-state index contributed by atoms with van der Waals surface area (Å²) in [5.74, 6) is -0.216. The molecular weight excluding hydrogens is 266 g/mol. The first kappa shape index (κ1) is 15.5. The Morgan fingerprint density at radius 3 is 2.62 bits per heavy atom. The number of hydrogen-bond acceptors (Lipinski definition) is 3. The highest BCUT2D eigenvalue weighted by Crippen LogP contribution is 2.13. The van der Waals surface area contributed by atoms with Crippen LogP contribution in [0.15, 0.2) is 18.3 Å². The summed E-state index contributed by atoms with van der Waals surface area (Å²) < 4.78 is 0. The average Bonchev–Trinajstić information content (AvgIpc) is 2.81. The molecule has 0 aromatic carbocycles. The highest BCUT2D eigenvalue weighted by Gasteiger charge is 2.19. The number of likely N-dealkylation sites (tertiary alicyclic amines) is 1. The van der Waals surface area contributed by atoms with Crippen LogP contribution in [0.1, 0.15) is 59.9 Å². The number of carbonyl (C=O) groups is 2. The quantitative estimate of drug-likeness (QED) is 0.924. The normalized spacial score (nSPS) is 15.4. The van der Waals surface area contributed by atoms with Gasteiger partial charge in [0.15, 0.2) is 0 Å². The van der Waals surface area contributed by atoms with Crippen molar-refractivity contribution in [3.8, 4) is 0 Å². The molecule has 5 nitrogen and oxygen atoms in total. The summed E-state index contributed by atoms with van der Waals surface area (Å²) in [6, 6.07) is 3.24. The highest BCUT2D eigenvalue weighted by atomic mass is 16.2. The first-order valence-corrected chi connectivity index (χ1v) is 7.76. The van der Waals surface area contributed by atoms with E-state index in [0.717, 1.165) is 32.4 Å². The molecule has 0 spiro atoms. The molecule has 1 N–H and O–H groups in total. The number of pyridine rings is 1. The van der Waals surface area contributed by atoms with Gasteiger partial charge in [0.25, 0.3) is 11.8 Å². The van der Waals surface area contributed by atoms with E-state index in [1.807, 2.05) is 11.8 Å². The fraction of sp³-hybridized carbons (Fsp3) is 0.562. The zero-order valence-corrected chi connectivity index (χ0v) is 12.6. The molecule has 2 rings (SSSR count). The van der Waals surface area contributed by atoms with Gasteiger partial charge in [0.1, 0.15) is 5.69 Å². The Balaban J connectivity index is 2.08. The standard InChI is InChI=1S/C16H23N3O2/c1-2-8-18-15(20)13-7-9-17-14(12-13)16(21)19-10-5-3-4-6-11-19/h7,9,12H,2-6,8,10-11H2,1H3,(H,18,20). The van der Waals surface area contributed by atoms with E-state index in [1.165, 1.54) is 19.0 Å². The molecule has 0 aliphatic carbocycles. The Bertz CT molecular complexity index is 494. The van der Waals surface area contributed by atoms with Crippen molar-refractivity contribution in [2.75, 3.05) is 19.6 Å². The molecule has 0 atom stereocenters. The number of aromatic nitrogens is 1. The maximum atomic E-state index is 12.5. The van der Waals surface area contributed by atoms with Gasteiger partial charge in [-0.2, -0.15) is 0 Å². The predicted molar refractivity (Wildman–Crippen MR) is 81.2 cm³/mol. The summed E-state index contributed by atoms with van der Waals surface area (Å²) in [4.78, 5) is 30.4. The summed E-state index contributed by atoms with van der Waals surface area (Å²) in [5.41, 5.74) is 0.859. The zero-order valence-electron chi connectivity index (χ0n) is 12.6. The number of nitrogens with one attached hydrogen (secondary N) is 1. The summed E-state index contributed by atoms with van der Waals surface area (Å²) in [5, 5.41) is 2.81. The molecule has 0 bridgehead atoms. The van der Waals surface area contributed by atoms with Crippen LogP contribution in [-0.4, -0.2) is 41.3 Å². The van der Waals surface area contributed by atoms with Gasteiger partial charge in [0, 0.05) is 31.4 Å². The van der Waals surface area contributed by atoms with Crippen LogP contribution in [0.25, 0.3) is 0 Å². The Morgan fingerprint density at radius 2 is 1.95 bits per heavy atom. The molecule has 0 saturated carbocycles. The van der Waals surface area contributed by atoms with E-state index in [2.05, 4.69) is 10.3 Å². The Labute approximate surface area is 125 Å². The molecule has 1 fully saturated rings. The van der Waals surface area contributed by atoms with E-state index >= 15 is 0 Å². The van der Waals surface area contributed by atoms with E-state index in [4.69, 9.17) is 0 Å². The van der Waals surface area contributed by atoms with Gasteiger partial charge in [0.2, 0.25) is 0 Å². The van der Waals surface area contributed by atoms with Crippen LogP contribution in [-0.2, 0) is 0 Å². The zero-order chi connectivity index (χ0) is 15.1. The molecule has 1 aliphatic rings. The van der Waals surface area contributed by atoms with Crippen molar-refractivity contribution in [3.05, 3.63) is 29.6 Å². The summed E-state index contributed by atoms with van der Waals surface area (Å²) in [6.45, 7) is 4.21. The minimum Gasteiger partial charge on any atom is -0.352 e. The van der Waals surface area contributed by atoms with Crippen LogP contribution in [0.3, 0.4) is 0 Å². The first-order chi connectivity index (χ1) is 10.2. The second-order valence-electron chi connectivity index (χ2n) is 5.39. The van der Waals surface area contributed by atoms with Crippen molar-refractivity contribution in [3.63, 3.8) is 0 Å². The van der Waals surface area contributed by atoms with E-state index < -0.39 is 0 Å². The lowest BCUT2D eigenvalue weighted by Gasteiger charge is -2.19. The predicted octanol–water partition coefficient (Wildman–Crippen LogP) is 2.24. The number of amides is 2. The van der Waals surface area contributed by atoms with Crippen molar-refractivity contribution in [2.24, 2.45) is 0 Å². The van der Waals surface area contributed by atoms with Gasteiger partial charge in [-0.05, 0) is 31.4 Å². The maximum absolute atomic E-state index is 12.5. The monoisotopic (exact) mass is 289 g/mol. The molecule has 1 aromatic rings. The van der Waals surface area contributed by atoms with Gasteiger partial charge in [0.05, 0.1) is 0 Å². The molecule has 0 radical (unpaired) electrons.